The number of rotatable bonds is 8. The van der Waals surface area contributed by atoms with Gasteiger partial charge in [0.15, 0.2) is 0 Å². The molecule has 3 rings (SSSR count). The first kappa shape index (κ1) is 20.4. The molecule has 3 aromatic rings. The van der Waals surface area contributed by atoms with Crippen LogP contribution in [0.15, 0.2) is 59.3 Å². The van der Waals surface area contributed by atoms with Crippen LogP contribution in [0.25, 0.3) is 0 Å². The van der Waals surface area contributed by atoms with E-state index < -0.39 is 12.1 Å². The van der Waals surface area contributed by atoms with E-state index in [2.05, 4.69) is 5.32 Å². The van der Waals surface area contributed by atoms with E-state index in [9.17, 15) is 9.59 Å². The van der Waals surface area contributed by atoms with E-state index >= 15 is 0 Å². The Morgan fingerprint density at radius 1 is 1.00 bits per heavy atom. The van der Waals surface area contributed by atoms with Crippen LogP contribution in [0.1, 0.15) is 27.8 Å². The van der Waals surface area contributed by atoms with Crippen molar-refractivity contribution in [3.05, 3.63) is 79.6 Å². The number of thiophene rings is 2. The van der Waals surface area contributed by atoms with Crippen LogP contribution in [0.2, 0.25) is 5.02 Å². The van der Waals surface area contributed by atoms with Gasteiger partial charge in [-0.1, -0.05) is 35.9 Å². The van der Waals surface area contributed by atoms with Gasteiger partial charge in [-0.2, -0.15) is 0 Å². The zero-order valence-corrected chi connectivity index (χ0v) is 17.4. The molecule has 0 aliphatic heterocycles. The molecule has 0 fully saturated rings. The molecule has 28 heavy (non-hydrogen) atoms. The fraction of sp³-hybridized carbons (Fsp3) is 0.200. The maximum atomic E-state index is 13.1. The normalized spacial score (nSPS) is 11.8. The van der Waals surface area contributed by atoms with Crippen LogP contribution in [0.4, 0.5) is 4.79 Å². The lowest BCUT2D eigenvalue weighted by Gasteiger charge is -2.25. The van der Waals surface area contributed by atoms with E-state index in [0.29, 0.717) is 18.1 Å². The maximum absolute atomic E-state index is 13.1. The van der Waals surface area contributed by atoms with Crippen molar-refractivity contribution in [2.75, 3.05) is 0 Å². The van der Waals surface area contributed by atoms with Crippen LogP contribution in [-0.2, 0) is 17.9 Å². The molecule has 3 N–H and O–H groups in total. The van der Waals surface area contributed by atoms with Crippen molar-refractivity contribution in [1.29, 1.82) is 0 Å². The highest BCUT2D eigenvalue weighted by molar-refractivity contribution is 7.10. The molecule has 2 heterocycles. The predicted octanol–water partition coefficient (Wildman–Crippen LogP) is 4.79. The fourth-order valence-electron chi connectivity index (χ4n) is 2.84. The van der Waals surface area contributed by atoms with Gasteiger partial charge in [-0.05, 0) is 40.6 Å². The molecule has 146 valence electrons. The SMILES string of the molecule is NC(=O)NC(CC(=O)N(Cc1cccs1)Cc1cccs1)c1ccc(Cl)cc1. The number of hydrogen-bond acceptors (Lipinski definition) is 4. The number of carbonyl (C=O) groups is 2. The largest absolute Gasteiger partial charge is 0.352 e. The van der Waals surface area contributed by atoms with Gasteiger partial charge in [0, 0.05) is 14.8 Å². The summed E-state index contributed by atoms with van der Waals surface area (Å²) >= 11 is 9.18. The Morgan fingerprint density at radius 3 is 2.04 bits per heavy atom. The van der Waals surface area contributed by atoms with Gasteiger partial charge in [0.2, 0.25) is 5.91 Å². The van der Waals surface area contributed by atoms with Gasteiger partial charge < -0.3 is 16.0 Å². The molecule has 1 unspecified atom stereocenters. The van der Waals surface area contributed by atoms with Crippen LogP contribution < -0.4 is 11.1 Å². The van der Waals surface area contributed by atoms with Crippen molar-refractivity contribution < 1.29 is 9.59 Å². The molecule has 3 amide bonds. The average molecular weight is 434 g/mol. The lowest BCUT2D eigenvalue weighted by molar-refractivity contribution is -0.132. The van der Waals surface area contributed by atoms with Gasteiger partial charge in [-0.25, -0.2) is 4.79 Å². The third-order valence-corrected chi connectivity index (χ3v) is 6.15. The molecule has 0 spiro atoms. The van der Waals surface area contributed by atoms with E-state index in [0.717, 1.165) is 15.3 Å². The van der Waals surface area contributed by atoms with Crippen LogP contribution in [0, 0.1) is 0 Å². The summed E-state index contributed by atoms with van der Waals surface area (Å²) in [6.45, 7) is 1.05. The molecule has 0 bridgehead atoms. The van der Waals surface area contributed by atoms with Gasteiger partial charge in [0.05, 0.1) is 25.6 Å². The van der Waals surface area contributed by atoms with Crippen molar-refractivity contribution in [3.63, 3.8) is 0 Å². The monoisotopic (exact) mass is 433 g/mol. The molecule has 0 saturated carbocycles. The second kappa shape index (κ2) is 9.73. The summed E-state index contributed by atoms with van der Waals surface area (Å²) in [6.07, 6.45) is 0.112. The highest BCUT2D eigenvalue weighted by Gasteiger charge is 2.22. The van der Waals surface area contributed by atoms with E-state index in [-0.39, 0.29) is 12.3 Å². The molecule has 8 heteroatoms. The Balaban J connectivity index is 1.78. The molecule has 0 aliphatic carbocycles. The highest BCUT2D eigenvalue weighted by atomic mass is 35.5. The van der Waals surface area contributed by atoms with Crippen molar-refractivity contribution in [1.82, 2.24) is 10.2 Å². The fourth-order valence-corrected chi connectivity index (χ4v) is 4.40. The van der Waals surface area contributed by atoms with Crippen molar-refractivity contribution >= 4 is 46.2 Å². The standard InChI is InChI=1S/C20H20ClN3O2S2/c21-15-7-5-14(6-8-15)18(23-20(22)26)11-19(25)24(12-16-3-1-9-27-16)13-17-4-2-10-28-17/h1-10,18H,11-13H2,(H3,22,23,26). The third kappa shape index (κ3) is 5.82. The van der Waals surface area contributed by atoms with E-state index in [1.165, 1.54) is 0 Å². The Bertz CT molecular complexity index is 860. The second-order valence-electron chi connectivity index (χ2n) is 6.23. The Hall–Kier alpha value is -2.35. The molecular formula is C20H20ClN3O2S2. The first-order valence-electron chi connectivity index (χ1n) is 8.65. The summed E-state index contributed by atoms with van der Waals surface area (Å²) in [5.74, 6) is -0.0597. The molecule has 0 radical (unpaired) electrons. The number of carbonyl (C=O) groups excluding carboxylic acids is 2. The summed E-state index contributed by atoms with van der Waals surface area (Å²) in [5.41, 5.74) is 6.12. The summed E-state index contributed by atoms with van der Waals surface area (Å²) in [5, 5.41) is 7.25. The van der Waals surface area contributed by atoms with Gasteiger partial charge in [-0.3, -0.25) is 4.79 Å². The summed E-state index contributed by atoms with van der Waals surface area (Å²) < 4.78 is 0. The second-order valence-corrected chi connectivity index (χ2v) is 8.73. The van der Waals surface area contributed by atoms with Crippen LogP contribution >= 0.6 is 34.3 Å². The predicted molar refractivity (Wildman–Crippen MR) is 114 cm³/mol. The highest BCUT2D eigenvalue weighted by Crippen LogP contribution is 2.23. The van der Waals surface area contributed by atoms with Gasteiger partial charge in [0.1, 0.15) is 0 Å². The molecule has 1 atom stereocenters. The number of halogens is 1. The smallest absolute Gasteiger partial charge is 0.312 e. The third-order valence-electron chi connectivity index (χ3n) is 4.17. The van der Waals surface area contributed by atoms with E-state index in [1.54, 1.807) is 46.9 Å². The van der Waals surface area contributed by atoms with Crippen LogP contribution in [-0.4, -0.2) is 16.8 Å². The Kier molecular flexibility index (Phi) is 7.08. The number of amides is 3. The average Bonchev–Trinajstić information content (AvgIpc) is 3.35. The molecule has 1 aromatic carbocycles. The molecule has 5 nitrogen and oxygen atoms in total. The Morgan fingerprint density at radius 2 is 1.57 bits per heavy atom. The van der Waals surface area contributed by atoms with Crippen LogP contribution in [0.3, 0.4) is 0 Å². The summed E-state index contributed by atoms with van der Waals surface area (Å²) in [7, 11) is 0. The lowest BCUT2D eigenvalue weighted by Crippen LogP contribution is -2.38. The first-order chi connectivity index (χ1) is 13.5. The van der Waals surface area contributed by atoms with Crippen LogP contribution in [0.5, 0.6) is 0 Å². The Labute approximate surface area is 176 Å². The number of urea groups is 1. The number of primary amides is 1. The lowest BCUT2D eigenvalue weighted by atomic mass is 10.0. The first-order valence-corrected chi connectivity index (χ1v) is 10.8. The van der Waals surface area contributed by atoms with Gasteiger partial charge in [0.25, 0.3) is 0 Å². The topological polar surface area (TPSA) is 75.4 Å². The maximum Gasteiger partial charge on any atom is 0.312 e. The summed E-state index contributed by atoms with van der Waals surface area (Å²) in [4.78, 5) is 28.6. The van der Waals surface area contributed by atoms with Gasteiger partial charge >= 0.3 is 6.03 Å². The zero-order valence-electron chi connectivity index (χ0n) is 15.0. The van der Waals surface area contributed by atoms with Crippen molar-refractivity contribution in [2.24, 2.45) is 5.73 Å². The van der Waals surface area contributed by atoms with E-state index in [1.807, 2.05) is 39.9 Å². The molecule has 0 aliphatic rings. The molecule has 2 aromatic heterocycles. The minimum absolute atomic E-state index is 0.0597. The van der Waals surface area contributed by atoms with Crippen molar-refractivity contribution in [3.8, 4) is 0 Å². The van der Waals surface area contributed by atoms with Gasteiger partial charge in [-0.15, -0.1) is 22.7 Å². The number of nitrogens with zero attached hydrogens (tertiary/aromatic N) is 1. The van der Waals surface area contributed by atoms with E-state index in [4.69, 9.17) is 17.3 Å². The minimum Gasteiger partial charge on any atom is -0.352 e. The number of nitrogens with two attached hydrogens (primary N) is 1. The molecule has 0 saturated heterocycles. The number of hydrogen-bond donors (Lipinski definition) is 2. The zero-order chi connectivity index (χ0) is 19.9. The minimum atomic E-state index is -0.671. The number of nitrogens with one attached hydrogen (secondary N) is 1. The quantitative estimate of drug-likeness (QED) is 0.535. The van der Waals surface area contributed by atoms with Crippen molar-refractivity contribution in [2.45, 2.75) is 25.6 Å². The molecular weight excluding hydrogens is 414 g/mol. The number of benzene rings is 1. The summed E-state index contributed by atoms with van der Waals surface area (Å²) in [6, 6.07) is 13.8.